The zero-order chi connectivity index (χ0) is 21.4. The maximum atomic E-state index is 13.3. The van der Waals surface area contributed by atoms with E-state index in [1.54, 1.807) is 23.1 Å². The molecule has 1 saturated carbocycles. The Kier molecular flexibility index (Phi) is 5.48. The van der Waals surface area contributed by atoms with Crippen molar-refractivity contribution in [3.8, 4) is 11.5 Å². The topological polar surface area (TPSA) is 88.3 Å². The summed E-state index contributed by atoms with van der Waals surface area (Å²) in [6.07, 6.45) is -1.30. The van der Waals surface area contributed by atoms with Crippen molar-refractivity contribution >= 4 is 11.8 Å². The van der Waals surface area contributed by atoms with Gasteiger partial charge in [-0.1, -0.05) is 18.9 Å². The molecule has 3 atom stereocenters. The number of carbonyl (C=O) groups excluding carboxylic acids is 2. The minimum Gasteiger partial charge on any atom is -0.415 e. The fourth-order valence-corrected chi connectivity index (χ4v) is 4.11. The third-order valence-corrected chi connectivity index (χ3v) is 5.63. The van der Waals surface area contributed by atoms with Crippen molar-refractivity contribution in [3.63, 3.8) is 0 Å². The lowest BCUT2D eigenvalue weighted by molar-refractivity contribution is -0.126. The molecular weight excluding hydrogens is 401 g/mol. The Bertz CT molecular complexity index is 963. The van der Waals surface area contributed by atoms with E-state index in [-0.39, 0.29) is 23.9 Å². The molecular formula is C20H21F3N4O3. The lowest BCUT2D eigenvalue weighted by atomic mass is 9.89. The Hall–Kier alpha value is -2.91. The molecule has 30 heavy (non-hydrogen) atoms. The number of nitrogens with zero attached hydrogens (tertiary/aromatic N) is 3. The van der Waals surface area contributed by atoms with Gasteiger partial charge in [-0.05, 0) is 37.5 Å². The van der Waals surface area contributed by atoms with Crippen LogP contribution in [0.3, 0.4) is 0 Å². The molecule has 2 aliphatic rings. The number of nitrogens with one attached hydrogen (secondary N) is 1. The van der Waals surface area contributed by atoms with E-state index in [4.69, 9.17) is 4.42 Å². The molecule has 0 saturated heterocycles. The average Bonchev–Trinajstić information content (AvgIpc) is 3.34. The van der Waals surface area contributed by atoms with E-state index >= 15 is 0 Å². The van der Waals surface area contributed by atoms with E-state index in [9.17, 15) is 22.8 Å². The van der Waals surface area contributed by atoms with Crippen LogP contribution in [0.5, 0.6) is 0 Å². The molecule has 0 spiro atoms. The fourth-order valence-electron chi connectivity index (χ4n) is 4.11. The van der Waals surface area contributed by atoms with E-state index in [0.29, 0.717) is 30.5 Å². The standard InChI is InChI=1S/C20H21F3N4O3/c1-10(21)17(28)24-14-4-2-3-5-15(14)27-9-12-7-6-11(8-13(12)20(27)29)18-25-26-19(30-18)16(22)23/h6-8,10,14-16H,2-5,9H2,1H3,(H,24,28)/t10?,14-,15-/m1/s1. The van der Waals surface area contributed by atoms with Gasteiger partial charge in [-0.3, -0.25) is 9.59 Å². The predicted molar refractivity (Wildman–Crippen MR) is 99.3 cm³/mol. The third-order valence-electron chi connectivity index (χ3n) is 5.63. The number of amides is 2. The van der Waals surface area contributed by atoms with Crippen LogP contribution in [0.1, 0.15) is 60.8 Å². The maximum absolute atomic E-state index is 13.3. The largest absolute Gasteiger partial charge is 0.415 e. The molecule has 2 aromatic rings. The normalized spacial score (nSPS) is 22.3. The monoisotopic (exact) mass is 422 g/mol. The van der Waals surface area contributed by atoms with Gasteiger partial charge in [-0.2, -0.15) is 8.78 Å². The smallest absolute Gasteiger partial charge is 0.314 e. The molecule has 1 aliphatic carbocycles. The Morgan fingerprint density at radius 3 is 2.70 bits per heavy atom. The Morgan fingerprint density at radius 2 is 2.00 bits per heavy atom. The highest BCUT2D eigenvalue weighted by Gasteiger charge is 2.39. The van der Waals surface area contributed by atoms with Crippen LogP contribution in [0.25, 0.3) is 11.5 Å². The number of alkyl halides is 3. The van der Waals surface area contributed by atoms with Crippen molar-refractivity contribution in [2.45, 2.75) is 63.8 Å². The molecule has 1 fully saturated rings. The van der Waals surface area contributed by atoms with Crippen molar-refractivity contribution in [2.24, 2.45) is 0 Å². The van der Waals surface area contributed by atoms with Crippen molar-refractivity contribution in [2.75, 3.05) is 0 Å². The second-order valence-electron chi connectivity index (χ2n) is 7.63. The molecule has 7 nitrogen and oxygen atoms in total. The quantitative estimate of drug-likeness (QED) is 0.798. The highest BCUT2D eigenvalue weighted by Crippen LogP contribution is 2.34. The summed E-state index contributed by atoms with van der Waals surface area (Å²) in [6.45, 7) is 1.55. The molecule has 1 aromatic heterocycles. The van der Waals surface area contributed by atoms with Crippen LogP contribution >= 0.6 is 0 Å². The summed E-state index contributed by atoms with van der Waals surface area (Å²) in [5, 5.41) is 9.67. The van der Waals surface area contributed by atoms with Crippen LogP contribution in [0, 0.1) is 0 Å². The first-order chi connectivity index (χ1) is 14.3. The lowest BCUT2D eigenvalue weighted by Gasteiger charge is -2.38. The average molecular weight is 422 g/mol. The van der Waals surface area contributed by atoms with Crippen molar-refractivity contribution in [3.05, 3.63) is 35.2 Å². The summed E-state index contributed by atoms with van der Waals surface area (Å²) >= 11 is 0. The first kappa shape index (κ1) is 20.4. The summed E-state index contributed by atoms with van der Waals surface area (Å²) in [4.78, 5) is 26.7. The lowest BCUT2D eigenvalue weighted by Crippen LogP contribution is -2.54. The second kappa shape index (κ2) is 8.08. The van der Waals surface area contributed by atoms with Gasteiger partial charge >= 0.3 is 6.43 Å². The van der Waals surface area contributed by atoms with Crippen LogP contribution < -0.4 is 5.32 Å². The van der Waals surface area contributed by atoms with Crippen LogP contribution in [-0.4, -0.2) is 45.2 Å². The van der Waals surface area contributed by atoms with Crippen LogP contribution in [0.4, 0.5) is 13.2 Å². The molecule has 2 heterocycles. The molecule has 10 heteroatoms. The first-order valence-corrected chi connectivity index (χ1v) is 9.85. The van der Waals surface area contributed by atoms with Crippen molar-refractivity contribution in [1.82, 2.24) is 20.4 Å². The highest BCUT2D eigenvalue weighted by atomic mass is 19.3. The molecule has 0 bridgehead atoms. The summed E-state index contributed by atoms with van der Waals surface area (Å²) < 4.78 is 43.7. The summed E-state index contributed by atoms with van der Waals surface area (Å²) in [7, 11) is 0. The minimum absolute atomic E-state index is 0.0842. The molecule has 160 valence electrons. The van der Waals surface area contributed by atoms with Gasteiger partial charge in [-0.15, -0.1) is 10.2 Å². The number of rotatable bonds is 5. The molecule has 1 aliphatic heterocycles. The van der Waals surface area contributed by atoms with Crippen LogP contribution in [0.2, 0.25) is 0 Å². The maximum Gasteiger partial charge on any atom is 0.314 e. The second-order valence-corrected chi connectivity index (χ2v) is 7.63. The van der Waals surface area contributed by atoms with Gasteiger partial charge in [0.2, 0.25) is 5.89 Å². The number of carbonyl (C=O) groups is 2. The van der Waals surface area contributed by atoms with Gasteiger partial charge < -0.3 is 14.6 Å². The van der Waals surface area contributed by atoms with Crippen LogP contribution in [0.15, 0.2) is 22.6 Å². The first-order valence-electron chi connectivity index (χ1n) is 9.85. The SMILES string of the molecule is CC(F)C(=O)N[C@@H]1CCCC[C@H]1N1Cc2ccc(-c3nnc(C(F)F)o3)cc2C1=O. The van der Waals surface area contributed by atoms with Gasteiger partial charge in [0.05, 0.1) is 6.04 Å². The van der Waals surface area contributed by atoms with E-state index in [1.165, 1.54) is 6.92 Å². The Balaban J connectivity index is 1.56. The molecule has 0 radical (unpaired) electrons. The van der Waals surface area contributed by atoms with Gasteiger partial charge in [0, 0.05) is 23.7 Å². The molecule has 1 aromatic carbocycles. The molecule has 1 unspecified atom stereocenters. The van der Waals surface area contributed by atoms with Gasteiger partial charge in [0.25, 0.3) is 17.7 Å². The van der Waals surface area contributed by atoms with E-state index in [2.05, 4.69) is 15.5 Å². The van der Waals surface area contributed by atoms with Crippen molar-refractivity contribution in [1.29, 1.82) is 0 Å². The van der Waals surface area contributed by atoms with Gasteiger partial charge in [-0.25, -0.2) is 4.39 Å². The molecule has 4 rings (SSSR count). The molecule has 2 amide bonds. The van der Waals surface area contributed by atoms with Gasteiger partial charge in [0.1, 0.15) is 0 Å². The van der Waals surface area contributed by atoms with Crippen molar-refractivity contribution < 1.29 is 27.2 Å². The molecule has 1 N–H and O–H groups in total. The fraction of sp³-hybridized carbons (Fsp3) is 0.500. The zero-order valence-electron chi connectivity index (χ0n) is 16.3. The number of hydrogen-bond donors (Lipinski definition) is 1. The van der Waals surface area contributed by atoms with Gasteiger partial charge in [0.15, 0.2) is 6.17 Å². The minimum atomic E-state index is -2.87. The summed E-state index contributed by atoms with van der Waals surface area (Å²) in [6, 6.07) is 4.38. The highest BCUT2D eigenvalue weighted by molar-refractivity contribution is 5.99. The number of aromatic nitrogens is 2. The van der Waals surface area contributed by atoms with E-state index in [1.807, 2.05) is 0 Å². The summed E-state index contributed by atoms with van der Waals surface area (Å²) in [5.41, 5.74) is 1.59. The summed E-state index contributed by atoms with van der Waals surface area (Å²) in [5.74, 6) is -1.76. The van der Waals surface area contributed by atoms with E-state index < -0.39 is 24.4 Å². The number of hydrogen-bond acceptors (Lipinski definition) is 5. The number of halogens is 3. The number of benzene rings is 1. The predicted octanol–water partition coefficient (Wildman–Crippen LogP) is 3.42. The zero-order valence-corrected chi connectivity index (χ0v) is 16.3. The Labute approximate surface area is 170 Å². The van der Waals surface area contributed by atoms with Crippen LogP contribution in [-0.2, 0) is 11.3 Å². The van der Waals surface area contributed by atoms with E-state index in [0.717, 1.165) is 18.4 Å². The third kappa shape index (κ3) is 3.78. The number of fused-ring (bicyclic) bond motifs is 1. The Morgan fingerprint density at radius 1 is 1.23 bits per heavy atom.